The van der Waals surface area contributed by atoms with Gasteiger partial charge in [0.15, 0.2) is 0 Å². The van der Waals surface area contributed by atoms with Crippen molar-refractivity contribution in [1.82, 2.24) is 0 Å². The molecule has 0 unspecified atom stereocenters. The quantitative estimate of drug-likeness (QED) is 0.544. The molecule has 0 aromatic carbocycles. The molecule has 0 aromatic heterocycles. The van der Waals surface area contributed by atoms with E-state index in [0.29, 0.717) is 0 Å². The SMILES string of the molecule is C=C(Cl)C(F)(F)F.CCC(F)(F)F. The van der Waals surface area contributed by atoms with Crippen molar-refractivity contribution in [2.75, 3.05) is 0 Å². The van der Waals surface area contributed by atoms with Crippen molar-refractivity contribution in [3.63, 3.8) is 0 Å². The Kier molecular flexibility index (Phi) is 6.23. The molecule has 80 valence electrons. The van der Waals surface area contributed by atoms with E-state index in [0.717, 1.165) is 6.92 Å². The van der Waals surface area contributed by atoms with Crippen LogP contribution < -0.4 is 0 Å². The van der Waals surface area contributed by atoms with Gasteiger partial charge in [0.1, 0.15) is 5.03 Å². The van der Waals surface area contributed by atoms with Crippen LogP contribution in [0.5, 0.6) is 0 Å². The average molecular weight is 229 g/mol. The molecule has 0 nitrogen and oxygen atoms in total. The monoisotopic (exact) mass is 228 g/mol. The molecule has 0 saturated heterocycles. The molecule has 0 aliphatic carbocycles. The molecule has 0 amide bonds. The van der Waals surface area contributed by atoms with Crippen LogP contribution in [0.3, 0.4) is 0 Å². The van der Waals surface area contributed by atoms with Crippen LogP contribution in [0, 0.1) is 0 Å². The van der Waals surface area contributed by atoms with Crippen LogP contribution >= 0.6 is 11.6 Å². The van der Waals surface area contributed by atoms with Crippen molar-refractivity contribution in [3.05, 3.63) is 11.6 Å². The lowest BCUT2D eigenvalue weighted by Gasteiger charge is -1.98. The van der Waals surface area contributed by atoms with Crippen LogP contribution in [-0.4, -0.2) is 12.4 Å². The van der Waals surface area contributed by atoms with Crippen molar-refractivity contribution in [2.24, 2.45) is 0 Å². The zero-order chi connectivity index (χ0) is 11.3. The molecule has 0 heterocycles. The van der Waals surface area contributed by atoms with Gasteiger partial charge in [0.2, 0.25) is 0 Å². The molecule has 0 N–H and O–H groups in total. The molecule has 7 heteroatoms. The number of alkyl halides is 6. The van der Waals surface area contributed by atoms with Gasteiger partial charge >= 0.3 is 12.4 Å². The van der Waals surface area contributed by atoms with Gasteiger partial charge < -0.3 is 0 Å². The first-order valence-corrected chi connectivity index (χ1v) is 3.37. The van der Waals surface area contributed by atoms with Crippen LogP contribution in [0.15, 0.2) is 11.6 Å². The molecule has 0 spiro atoms. The van der Waals surface area contributed by atoms with Gasteiger partial charge in [-0.2, -0.15) is 26.3 Å². The zero-order valence-electron chi connectivity index (χ0n) is 6.56. The third-order valence-corrected chi connectivity index (χ3v) is 0.923. The maximum absolute atomic E-state index is 10.9. The first kappa shape index (κ1) is 15.1. The van der Waals surface area contributed by atoms with E-state index in [1.54, 1.807) is 0 Å². The highest BCUT2D eigenvalue weighted by atomic mass is 35.5. The van der Waals surface area contributed by atoms with Crippen LogP contribution in [0.4, 0.5) is 26.3 Å². The van der Waals surface area contributed by atoms with E-state index in [-0.39, 0.29) is 0 Å². The summed E-state index contributed by atoms with van der Waals surface area (Å²) >= 11 is 4.43. The number of rotatable bonds is 0. The van der Waals surface area contributed by atoms with Crippen LogP contribution in [0.2, 0.25) is 0 Å². The summed E-state index contributed by atoms with van der Waals surface area (Å²) < 4.78 is 65.2. The first-order chi connectivity index (χ1) is 5.50. The average Bonchev–Trinajstić information content (AvgIpc) is 1.85. The van der Waals surface area contributed by atoms with Crippen molar-refractivity contribution in [1.29, 1.82) is 0 Å². The minimum atomic E-state index is -4.43. The highest BCUT2D eigenvalue weighted by Crippen LogP contribution is 2.26. The van der Waals surface area contributed by atoms with E-state index in [1.165, 1.54) is 0 Å². The van der Waals surface area contributed by atoms with E-state index >= 15 is 0 Å². The maximum Gasteiger partial charge on any atom is 0.426 e. The van der Waals surface area contributed by atoms with Gasteiger partial charge in [-0.1, -0.05) is 25.1 Å². The third-order valence-electron chi connectivity index (χ3n) is 0.708. The van der Waals surface area contributed by atoms with Gasteiger partial charge in [-0.3, -0.25) is 0 Å². The fourth-order valence-corrected chi connectivity index (χ4v) is 0. The lowest BCUT2D eigenvalue weighted by molar-refractivity contribution is -0.130. The second-order valence-electron chi connectivity index (χ2n) is 1.87. The molecule has 13 heavy (non-hydrogen) atoms. The predicted molar refractivity (Wildman–Crippen MR) is 37.4 cm³/mol. The number of hydrogen-bond acceptors (Lipinski definition) is 0. The minimum Gasteiger partial charge on any atom is -0.171 e. The first-order valence-electron chi connectivity index (χ1n) is 2.99. The highest BCUT2D eigenvalue weighted by Gasteiger charge is 2.30. The number of halogens is 7. The molecule has 0 bridgehead atoms. The van der Waals surface area contributed by atoms with Gasteiger partial charge in [-0.15, -0.1) is 0 Å². The second-order valence-corrected chi connectivity index (χ2v) is 2.33. The standard InChI is InChI=1S/C3H2ClF3.C3H5F3/c1-2(4)3(5,6)7;1-2-3(4,5)6/h1H2;2H2,1H3. The van der Waals surface area contributed by atoms with Crippen LogP contribution in [0.25, 0.3) is 0 Å². The summed E-state index contributed by atoms with van der Waals surface area (Å²) in [5, 5.41) is -1.28. The van der Waals surface area contributed by atoms with Crippen molar-refractivity contribution >= 4 is 11.6 Å². The molecule has 0 atom stereocenters. The van der Waals surface area contributed by atoms with Crippen LogP contribution in [-0.2, 0) is 0 Å². The van der Waals surface area contributed by atoms with Gasteiger partial charge in [0.25, 0.3) is 0 Å². The number of allylic oxidation sites excluding steroid dienone is 1. The fourth-order valence-electron chi connectivity index (χ4n) is 0. The number of hydrogen-bond donors (Lipinski definition) is 0. The maximum atomic E-state index is 10.9. The summed E-state index contributed by atoms with van der Waals surface area (Å²) in [4.78, 5) is 0. The Bertz CT molecular complexity index is 155. The molecule has 0 aliphatic rings. The summed E-state index contributed by atoms with van der Waals surface area (Å²) in [5.41, 5.74) is 0. The topological polar surface area (TPSA) is 0 Å². The molecule has 0 rings (SSSR count). The smallest absolute Gasteiger partial charge is 0.171 e. The Morgan fingerprint density at radius 1 is 1.15 bits per heavy atom. The Morgan fingerprint density at radius 2 is 1.31 bits per heavy atom. The van der Waals surface area contributed by atoms with Gasteiger partial charge in [0, 0.05) is 6.42 Å². The van der Waals surface area contributed by atoms with E-state index in [9.17, 15) is 26.3 Å². The molecular formula is C6H7ClF6. The Labute approximate surface area is 76.2 Å². The lowest BCUT2D eigenvalue weighted by Crippen LogP contribution is -2.04. The van der Waals surface area contributed by atoms with E-state index in [1.807, 2.05) is 0 Å². The van der Waals surface area contributed by atoms with Gasteiger partial charge in [0.05, 0.1) is 0 Å². The van der Waals surface area contributed by atoms with Crippen molar-refractivity contribution in [2.45, 2.75) is 25.7 Å². The summed E-state index contributed by atoms with van der Waals surface area (Å²) in [6.45, 7) is 3.55. The molecule has 0 fully saturated rings. The fraction of sp³-hybridized carbons (Fsp3) is 0.667. The molecule has 0 aromatic rings. The van der Waals surface area contributed by atoms with E-state index < -0.39 is 23.8 Å². The van der Waals surface area contributed by atoms with E-state index in [4.69, 9.17) is 0 Å². The molecule has 0 saturated carbocycles. The Balaban J connectivity index is 0. The molecule has 0 aliphatic heterocycles. The third kappa shape index (κ3) is 14.5. The Hall–Kier alpha value is -0.390. The van der Waals surface area contributed by atoms with Gasteiger partial charge in [-0.25, -0.2) is 0 Å². The molecular weight excluding hydrogens is 222 g/mol. The largest absolute Gasteiger partial charge is 0.426 e. The van der Waals surface area contributed by atoms with E-state index in [2.05, 4.69) is 18.2 Å². The highest BCUT2D eigenvalue weighted by molar-refractivity contribution is 6.29. The van der Waals surface area contributed by atoms with Gasteiger partial charge in [-0.05, 0) is 0 Å². The van der Waals surface area contributed by atoms with Crippen LogP contribution in [0.1, 0.15) is 13.3 Å². The van der Waals surface area contributed by atoms with Crippen molar-refractivity contribution in [3.8, 4) is 0 Å². The summed E-state index contributed by atoms with van der Waals surface area (Å²) in [5.74, 6) is 0. The van der Waals surface area contributed by atoms with Crippen molar-refractivity contribution < 1.29 is 26.3 Å². The predicted octanol–water partition coefficient (Wildman–Crippen LogP) is 4.26. The lowest BCUT2D eigenvalue weighted by atomic mass is 10.5. The normalized spacial score (nSPS) is 11.7. The summed E-state index contributed by atoms with van der Waals surface area (Å²) in [6, 6.07) is 0. The summed E-state index contributed by atoms with van der Waals surface area (Å²) in [6.07, 6.45) is -9.12. The summed E-state index contributed by atoms with van der Waals surface area (Å²) in [7, 11) is 0. The molecule has 0 radical (unpaired) electrons. The minimum absolute atomic E-state index is 0.729. The Morgan fingerprint density at radius 3 is 1.31 bits per heavy atom. The zero-order valence-corrected chi connectivity index (χ0v) is 7.32. The second kappa shape index (κ2) is 5.36.